The fourth-order valence-electron chi connectivity index (χ4n) is 2.53. The second-order valence-electron chi connectivity index (χ2n) is 6.42. The molecule has 0 bridgehead atoms. The number of hydrogen-bond acceptors (Lipinski definition) is 3. The van der Waals surface area contributed by atoms with Crippen LogP contribution in [0.2, 0.25) is 0 Å². The topological polar surface area (TPSA) is 74.8 Å². The first kappa shape index (κ1) is 24.5. The van der Waals surface area contributed by atoms with Crippen LogP contribution in [0.4, 0.5) is 4.79 Å². The first-order chi connectivity index (χ1) is 12.0. The van der Waals surface area contributed by atoms with Crippen molar-refractivity contribution in [3.8, 4) is 0 Å². The zero-order valence-electron chi connectivity index (χ0n) is 16.5. The maximum atomic E-state index is 11.7. The highest BCUT2D eigenvalue weighted by Gasteiger charge is 2.15. The summed E-state index contributed by atoms with van der Waals surface area (Å²) in [4.78, 5) is 15.9. The van der Waals surface area contributed by atoms with Gasteiger partial charge in [0.15, 0.2) is 5.96 Å². The average molecular weight is 476 g/mol. The maximum absolute atomic E-state index is 11.7. The fraction of sp³-hybridized carbons (Fsp3) is 0.579. The van der Waals surface area contributed by atoms with Gasteiger partial charge in [0.2, 0.25) is 0 Å². The number of hydrogen-bond donors (Lipinski definition) is 3. The quantitative estimate of drug-likeness (QED) is 0.305. The summed E-state index contributed by atoms with van der Waals surface area (Å²) in [5.41, 5.74) is 2.47. The Bertz CT molecular complexity index is 564. The molecule has 1 atom stereocenters. The third-order valence-corrected chi connectivity index (χ3v) is 3.80. The lowest BCUT2D eigenvalue weighted by Crippen LogP contribution is -2.47. The van der Waals surface area contributed by atoms with Crippen molar-refractivity contribution in [2.75, 3.05) is 20.2 Å². The minimum absolute atomic E-state index is 0. The number of nitrogens with zero attached hydrogens (tertiary/aromatic N) is 1. The largest absolute Gasteiger partial charge is 0.450 e. The highest BCUT2D eigenvalue weighted by molar-refractivity contribution is 14.0. The van der Waals surface area contributed by atoms with Crippen LogP contribution in [-0.4, -0.2) is 38.3 Å². The Balaban J connectivity index is 0.00000625. The van der Waals surface area contributed by atoms with Gasteiger partial charge in [-0.3, -0.25) is 4.99 Å². The van der Waals surface area contributed by atoms with E-state index in [4.69, 9.17) is 4.74 Å². The number of carbonyl (C=O) groups is 1. The van der Waals surface area contributed by atoms with Crippen LogP contribution in [0.3, 0.4) is 0 Å². The van der Waals surface area contributed by atoms with Gasteiger partial charge in [0.1, 0.15) is 0 Å². The summed E-state index contributed by atoms with van der Waals surface area (Å²) in [6, 6.07) is 8.23. The number of rotatable bonds is 8. The Morgan fingerprint density at radius 2 is 1.92 bits per heavy atom. The summed E-state index contributed by atoms with van der Waals surface area (Å²) in [7, 11) is 1.74. The van der Waals surface area contributed by atoms with Gasteiger partial charge in [-0.1, -0.05) is 38.1 Å². The van der Waals surface area contributed by atoms with E-state index in [0.717, 1.165) is 6.42 Å². The first-order valence-electron chi connectivity index (χ1n) is 8.88. The lowest BCUT2D eigenvalue weighted by atomic mass is 10.0. The molecule has 0 aliphatic rings. The van der Waals surface area contributed by atoms with Crippen molar-refractivity contribution in [3.63, 3.8) is 0 Å². The van der Waals surface area contributed by atoms with E-state index in [1.165, 1.54) is 11.1 Å². The summed E-state index contributed by atoms with van der Waals surface area (Å²) < 4.78 is 4.98. The Hall–Kier alpha value is -1.51. The number of aryl methyl sites for hydroxylation is 1. The van der Waals surface area contributed by atoms with Gasteiger partial charge < -0.3 is 20.7 Å². The van der Waals surface area contributed by atoms with Gasteiger partial charge >= 0.3 is 6.09 Å². The molecule has 0 saturated carbocycles. The van der Waals surface area contributed by atoms with Crippen LogP contribution in [0, 0.1) is 12.8 Å². The highest BCUT2D eigenvalue weighted by Crippen LogP contribution is 2.06. The average Bonchev–Trinajstić information content (AvgIpc) is 2.56. The van der Waals surface area contributed by atoms with E-state index in [1.807, 2.05) is 12.1 Å². The van der Waals surface area contributed by atoms with Crippen LogP contribution in [0.25, 0.3) is 0 Å². The molecule has 0 radical (unpaired) electrons. The number of amides is 1. The van der Waals surface area contributed by atoms with Crippen LogP contribution in [0.5, 0.6) is 0 Å². The molecule has 1 aromatic carbocycles. The van der Waals surface area contributed by atoms with E-state index in [1.54, 1.807) is 14.0 Å². The van der Waals surface area contributed by atoms with E-state index in [2.05, 4.69) is 53.8 Å². The number of benzene rings is 1. The van der Waals surface area contributed by atoms with E-state index in [0.29, 0.717) is 31.6 Å². The minimum Gasteiger partial charge on any atom is -0.450 e. The summed E-state index contributed by atoms with van der Waals surface area (Å²) in [5.74, 6) is 1.18. The molecule has 1 aromatic rings. The molecule has 26 heavy (non-hydrogen) atoms. The molecule has 0 aliphatic heterocycles. The molecule has 1 amide bonds. The summed E-state index contributed by atoms with van der Waals surface area (Å²) >= 11 is 0. The zero-order chi connectivity index (χ0) is 18.7. The van der Waals surface area contributed by atoms with Gasteiger partial charge in [0.25, 0.3) is 0 Å². The number of nitrogens with one attached hydrogen (secondary N) is 3. The number of ether oxygens (including phenoxy) is 1. The maximum Gasteiger partial charge on any atom is 0.407 e. The van der Waals surface area contributed by atoms with Crippen molar-refractivity contribution in [1.29, 1.82) is 0 Å². The number of halogens is 1. The standard InChI is InChI=1S/C19H32N4O2.HI/c1-6-25-19(24)23-17(11-14(2)3)13-22-18(20-5)21-12-16-10-8-7-9-15(16)4;/h7-10,14,17H,6,11-13H2,1-5H3,(H,23,24)(H2,20,21,22);1H. The molecular weight excluding hydrogens is 443 g/mol. The molecule has 3 N–H and O–H groups in total. The van der Waals surface area contributed by atoms with Gasteiger partial charge in [-0.2, -0.15) is 0 Å². The number of carbonyl (C=O) groups excluding carboxylic acids is 1. The van der Waals surface area contributed by atoms with E-state index < -0.39 is 0 Å². The molecule has 1 unspecified atom stereocenters. The Kier molecular flexibility index (Phi) is 12.9. The SMILES string of the molecule is CCOC(=O)NC(CNC(=NC)NCc1ccccc1C)CC(C)C.I. The monoisotopic (exact) mass is 476 g/mol. The second kappa shape index (κ2) is 13.7. The zero-order valence-corrected chi connectivity index (χ0v) is 18.8. The van der Waals surface area contributed by atoms with Gasteiger partial charge in [-0.05, 0) is 37.3 Å². The van der Waals surface area contributed by atoms with E-state index in [9.17, 15) is 4.79 Å². The van der Waals surface area contributed by atoms with Crippen molar-refractivity contribution in [1.82, 2.24) is 16.0 Å². The highest BCUT2D eigenvalue weighted by atomic mass is 127. The molecule has 0 fully saturated rings. The van der Waals surface area contributed by atoms with Crippen LogP contribution in [0.1, 0.15) is 38.3 Å². The molecule has 1 rings (SSSR count). The molecule has 7 heteroatoms. The van der Waals surface area contributed by atoms with Gasteiger partial charge in [0.05, 0.1) is 6.61 Å². The van der Waals surface area contributed by atoms with Gasteiger partial charge in [-0.15, -0.1) is 24.0 Å². The molecule has 6 nitrogen and oxygen atoms in total. The Morgan fingerprint density at radius 1 is 1.23 bits per heavy atom. The Labute approximate surface area is 174 Å². The van der Waals surface area contributed by atoms with Gasteiger partial charge in [0, 0.05) is 26.2 Å². The van der Waals surface area contributed by atoms with Crippen molar-refractivity contribution in [2.24, 2.45) is 10.9 Å². The third kappa shape index (κ3) is 9.84. The second-order valence-corrected chi connectivity index (χ2v) is 6.42. The van der Waals surface area contributed by atoms with Crippen LogP contribution >= 0.6 is 24.0 Å². The molecule has 0 aliphatic carbocycles. The summed E-state index contributed by atoms with van der Waals surface area (Å²) in [6.07, 6.45) is 0.485. The number of guanidine groups is 1. The molecule has 0 spiro atoms. The van der Waals surface area contributed by atoms with Crippen molar-refractivity contribution >= 4 is 36.0 Å². The van der Waals surface area contributed by atoms with Crippen LogP contribution in [0.15, 0.2) is 29.3 Å². The third-order valence-electron chi connectivity index (χ3n) is 3.80. The van der Waals surface area contributed by atoms with E-state index in [-0.39, 0.29) is 36.1 Å². The Morgan fingerprint density at radius 3 is 2.50 bits per heavy atom. The normalized spacial score (nSPS) is 12.2. The lowest BCUT2D eigenvalue weighted by Gasteiger charge is -2.22. The number of aliphatic imine (C=N–C) groups is 1. The summed E-state index contributed by atoms with van der Waals surface area (Å²) in [5, 5.41) is 9.49. The van der Waals surface area contributed by atoms with Crippen LogP contribution < -0.4 is 16.0 Å². The predicted octanol–water partition coefficient (Wildman–Crippen LogP) is 3.44. The predicted molar refractivity (Wildman–Crippen MR) is 118 cm³/mol. The van der Waals surface area contributed by atoms with Crippen molar-refractivity contribution in [3.05, 3.63) is 35.4 Å². The van der Waals surface area contributed by atoms with Crippen LogP contribution in [-0.2, 0) is 11.3 Å². The molecular formula is C19H33IN4O2. The summed E-state index contributed by atoms with van der Waals surface area (Å²) in [6.45, 7) is 9.81. The number of alkyl carbamates (subject to hydrolysis) is 1. The molecule has 0 saturated heterocycles. The lowest BCUT2D eigenvalue weighted by molar-refractivity contribution is 0.146. The molecule has 0 heterocycles. The minimum atomic E-state index is -0.377. The smallest absolute Gasteiger partial charge is 0.407 e. The van der Waals surface area contributed by atoms with Crippen molar-refractivity contribution < 1.29 is 9.53 Å². The van der Waals surface area contributed by atoms with Gasteiger partial charge in [-0.25, -0.2) is 4.79 Å². The van der Waals surface area contributed by atoms with Crippen molar-refractivity contribution in [2.45, 2.75) is 46.7 Å². The molecule has 148 valence electrons. The fourth-order valence-corrected chi connectivity index (χ4v) is 2.53. The first-order valence-corrected chi connectivity index (χ1v) is 8.88. The molecule has 0 aromatic heterocycles. The van der Waals surface area contributed by atoms with E-state index >= 15 is 0 Å².